The number of ether oxygens (including phenoxy) is 6. The van der Waals surface area contributed by atoms with Gasteiger partial charge in [-0.15, -0.1) is 29.9 Å². The molecule has 0 saturated carbocycles. The molecule has 0 aliphatic heterocycles. The smallest absolute Gasteiger partial charge is 0.331 e. The number of sulfone groups is 3. The van der Waals surface area contributed by atoms with Gasteiger partial charge in [0.15, 0.2) is 0 Å². The summed E-state index contributed by atoms with van der Waals surface area (Å²) in [6.07, 6.45) is 3.07. The molecule has 2 N–H and O–H groups in total. The number of unbranched alkanes of at least 4 members (excludes halogenated alkanes) is 2. The summed E-state index contributed by atoms with van der Waals surface area (Å²) >= 11 is 0. The molecule has 0 aliphatic carbocycles. The van der Waals surface area contributed by atoms with Gasteiger partial charge in [0.2, 0.25) is 29.5 Å². The highest BCUT2D eigenvalue weighted by Gasteiger charge is 2.22. The zero-order valence-electron chi connectivity index (χ0n) is 38.8. The minimum atomic E-state index is -4.07. The standard InChI is InChI=1S/C50H44N6O14S3/c1-3-5-31-65-45-51-47(67-35-11-23-41(24-12-35)71(59,60)39-19-7-33(57)8-20-39)55-49(53-45)69-37-15-27-43(28-16-37)73(63,64)44-29-17-38(18-30-44)70-50-54-46(66-32-6-4-2)52-48(56-50)68-36-13-25-42(26-14-36)72(61,62)40-21-9-34(58)10-22-40/h7-30,57-58H,3-6,31-32H2,1-2H3. The van der Waals surface area contributed by atoms with E-state index in [2.05, 4.69) is 29.9 Å². The van der Waals surface area contributed by atoms with Crippen LogP contribution in [0.5, 0.6) is 70.6 Å². The molecule has 0 atom stereocenters. The van der Waals surface area contributed by atoms with Gasteiger partial charge < -0.3 is 38.6 Å². The predicted octanol–water partition coefficient (Wildman–Crippen LogP) is 9.49. The predicted molar refractivity (Wildman–Crippen MR) is 259 cm³/mol. The molecule has 8 rings (SSSR count). The Morgan fingerprint density at radius 2 is 0.534 bits per heavy atom. The van der Waals surface area contributed by atoms with E-state index in [9.17, 15) is 35.5 Å². The molecule has 0 radical (unpaired) electrons. The largest absolute Gasteiger partial charge is 0.508 e. The highest BCUT2D eigenvalue weighted by molar-refractivity contribution is 7.92. The zero-order chi connectivity index (χ0) is 51.6. The quantitative estimate of drug-likeness (QED) is 0.0598. The maximum atomic E-state index is 13.8. The lowest BCUT2D eigenvalue weighted by Crippen LogP contribution is -2.06. The van der Waals surface area contributed by atoms with Crippen molar-refractivity contribution in [3.63, 3.8) is 0 Å². The van der Waals surface area contributed by atoms with Crippen molar-refractivity contribution in [2.75, 3.05) is 13.2 Å². The van der Waals surface area contributed by atoms with E-state index in [-0.39, 0.29) is 113 Å². The molecule has 0 bridgehead atoms. The average molecular weight is 1050 g/mol. The van der Waals surface area contributed by atoms with E-state index < -0.39 is 29.5 Å². The highest BCUT2D eigenvalue weighted by atomic mass is 32.2. The maximum Gasteiger partial charge on any atom is 0.331 e. The number of nitrogens with zero attached hydrogens (tertiary/aromatic N) is 6. The first kappa shape index (κ1) is 51.0. The van der Waals surface area contributed by atoms with Gasteiger partial charge >= 0.3 is 36.1 Å². The molecule has 2 heterocycles. The van der Waals surface area contributed by atoms with Gasteiger partial charge in [-0.1, -0.05) is 26.7 Å². The van der Waals surface area contributed by atoms with Gasteiger partial charge in [0.05, 0.1) is 42.6 Å². The maximum absolute atomic E-state index is 13.8. The topological polar surface area (TPSA) is 276 Å². The van der Waals surface area contributed by atoms with Crippen LogP contribution in [0.4, 0.5) is 0 Å². The van der Waals surface area contributed by atoms with E-state index in [0.29, 0.717) is 12.8 Å². The van der Waals surface area contributed by atoms with Crippen molar-refractivity contribution in [2.45, 2.75) is 68.9 Å². The molecule has 0 aliphatic rings. The molecule has 376 valence electrons. The molecule has 20 nitrogen and oxygen atoms in total. The number of aromatic hydroxyl groups is 2. The van der Waals surface area contributed by atoms with E-state index >= 15 is 0 Å². The van der Waals surface area contributed by atoms with Crippen LogP contribution in [0.2, 0.25) is 0 Å². The Morgan fingerprint density at radius 1 is 0.329 bits per heavy atom. The van der Waals surface area contributed by atoms with Crippen molar-refractivity contribution in [2.24, 2.45) is 0 Å². The van der Waals surface area contributed by atoms with Crippen LogP contribution in [-0.2, 0) is 29.5 Å². The molecule has 73 heavy (non-hydrogen) atoms. The average Bonchev–Trinajstić information content (AvgIpc) is 3.37. The van der Waals surface area contributed by atoms with Crippen LogP contribution >= 0.6 is 0 Å². The Hall–Kier alpha value is -8.41. The summed E-state index contributed by atoms with van der Waals surface area (Å²) in [7, 11) is -11.8. The van der Waals surface area contributed by atoms with Gasteiger partial charge in [-0.2, -0.15) is 0 Å². The summed E-state index contributed by atoms with van der Waals surface area (Å²) in [6, 6.07) is 31.3. The Morgan fingerprint density at radius 3 is 0.753 bits per heavy atom. The number of phenolic OH excluding ortho intramolecular Hbond substituents is 2. The fourth-order valence-electron chi connectivity index (χ4n) is 6.40. The minimum absolute atomic E-state index is 0.00254. The Labute approximate surface area is 419 Å². The van der Waals surface area contributed by atoms with Crippen molar-refractivity contribution < 1.29 is 63.9 Å². The SMILES string of the molecule is CCCCOc1nc(Oc2ccc(S(=O)(=O)c3ccc(O)cc3)cc2)nc(Oc2ccc(S(=O)(=O)c3ccc(Oc4nc(OCCCC)nc(Oc5ccc(S(=O)(=O)c6ccc(O)cc6)cc5)n4)cc3)cc2)n1. The number of rotatable bonds is 22. The van der Waals surface area contributed by atoms with E-state index in [1.807, 2.05) is 13.8 Å². The van der Waals surface area contributed by atoms with Crippen LogP contribution < -0.4 is 28.4 Å². The van der Waals surface area contributed by atoms with E-state index in [1.165, 1.54) is 146 Å². The third-order valence-corrected chi connectivity index (χ3v) is 15.6. The summed E-state index contributed by atoms with van der Waals surface area (Å²) in [6.45, 7) is 4.53. The van der Waals surface area contributed by atoms with Crippen molar-refractivity contribution in [3.05, 3.63) is 146 Å². The van der Waals surface area contributed by atoms with E-state index in [1.54, 1.807) is 0 Å². The fraction of sp³-hybridized carbons (Fsp3) is 0.160. The minimum Gasteiger partial charge on any atom is -0.508 e. The summed E-state index contributed by atoms with van der Waals surface area (Å²) in [4.78, 5) is 25.2. The molecular weight excluding hydrogens is 1000 g/mol. The van der Waals surface area contributed by atoms with E-state index in [0.717, 1.165) is 12.8 Å². The first-order chi connectivity index (χ1) is 35.1. The van der Waals surface area contributed by atoms with Crippen LogP contribution in [0.25, 0.3) is 0 Å². The Kier molecular flexibility index (Phi) is 15.6. The van der Waals surface area contributed by atoms with Crippen LogP contribution in [0.15, 0.2) is 175 Å². The van der Waals surface area contributed by atoms with Crippen molar-refractivity contribution >= 4 is 29.5 Å². The van der Waals surface area contributed by atoms with Gasteiger partial charge in [-0.25, -0.2) is 25.3 Å². The van der Waals surface area contributed by atoms with Crippen LogP contribution in [0.3, 0.4) is 0 Å². The van der Waals surface area contributed by atoms with Crippen LogP contribution in [-0.4, -0.2) is 78.6 Å². The number of aromatic nitrogens is 6. The summed E-state index contributed by atoms with van der Waals surface area (Å²) in [5, 5.41) is 19.1. The number of phenols is 2. The van der Waals surface area contributed by atoms with Gasteiger partial charge in [0.1, 0.15) is 34.5 Å². The molecule has 0 spiro atoms. The third kappa shape index (κ3) is 12.7. The lowest BCUT2D eigenvalue weighted by atomic mass is 10.3. The molecule has 8 aromatic rings. The number of hydrogen-bond donors (Lipinski definition) is 2. The van der Waals surface area contributed by atoms with Crippen molar-refractivity contribution in [1.82, 2.24) is 29.9 Å². The number of benzene rings is 6. The van der Waals surface area contributed by atoms with Gasteiger partial charge in [-0.3, -0.25) is 0 Å². The summed E-state index contributed by atoms with van der Waals surface area (Å²) < 4.78 is 115. The number of hydrogen-bond acceptors (Lipinski definition) is 20. The second-order valence-corrected chi connectivity index (χ2v) is 21.4. The fourth-order valence-corrected chi connectivity index (χ4v) is 10.2. The molecule has 0 unspecified atom stereocenters. The summed E-state index contributed by atoms with van der Waals surface area (Å²) in [5.41, 5.74) is 0. The second kappa shape index (κ2) is 22.3. The van der Waals surface area contributed by atoms with Crippen LogP contribution in [0.1, 0.15) is 39.5 Å². The third-order valence-electron chi connectivity index (χ3n) is 10.3. The monoisotopic (exact) mass is 1050 g/mol. The molecular formula is C50H44N6O14S3. The highest BCUT2D eigenvalue weighted by Crippen LogP contribution is 2.32. The van der Waals surface area contributed by atoms with Gasteiger partial charge in [0.25, 0.3) is 0 Å². The molecule has 0 amide bonds. The van der Waals surface area contributed by atoms with E-state index in [4.69, 9.17) is 28.4 Å². The molecule has 2 aromatic heterocycles. The molecule has 23 heteroatoms. The van der Waals surface area contributed by atoms with Crippen LogP contribution in [0, 0.1) is 0 Å². The van der Waals surface area contributed by atoms with Gasteiger partial charge in [0, 0.05) is 0 Å². The Balaban J connectivity index is 0.939. The van der Waals surface area contributed by atoms with Crippen molar-refractivity contribution in [3.8, 4) is 70.6 Å². The Bertz CT molecular complexity index is 3290. The normalized spacial score (nSPS) is 11.6. The molecule has 0 saturated heterocycles. The van der Waals surface area contributed by atoms with Crippen molar-refractivity contribution in [1.29, 1.82) is 0 Å². The first-order valence-corrected chi connectivity index (χ1v) is 26.8. The molecule has 0 fully saturated rings. The zero-order valence-corrected chi connectivity index (χ0v) is 41.2. The first-order valence-electron chi connectivity index (χ1n) is 22.3. The van der Waals surface area contributed by atoms with Gasteiger partial charge in [-0.05, 0) is 158 Å². The lowest BCUT2D eigenvalue weighted by molar-refractivity contribution is 0.270. The second-order valence-electron chi connectivity index (χ2n) is 15.6. The lowest BCUT2D eigenvalue weighted by Gasteiger charge is -2.11. The summed E-state index contributed by atoms with van der Waals surface area (Å²) in [5.74, 6) is 0.567. The molecule has 6 aromatic carbocycles.